The Morgan fingerprint density at radius 1 is 0.944 bits per heavy atom. The van der Waals surface area contributed by atoms with E-state index in [1.807, 2.05) is 78.9 Å². The third-order valence-electron chi connectivity index (χ3n) is 6.24. The highest BCUT2D eigenvalue weighted by atomic mass is 16.2. The summed E-state index contributed by atoms with van der Waals surface area (Å²) in [5, 5.41) is 11.4. The molecule has 0 bridgehead atoms. The van der Waals surface area contributed by atoms with Gasteiger partial charge >= 0.3 is 0 Å². The predicted molar refractivity (Wildman–Crippen MR) is 142 cm³/mol. The topological polar surface area (TPSA) is 80.1 Å². The molecule has 186 valence electrons. The molecule has 0 saturated heterocycles. The Balaban J connectivity index is 1.74. The third-order valence-corrected chi connectivity index (χ3v) is 6.24. The van der Waals surface area contributed by atoms with E-state index in [1.54, 1.807) is 9.58 Å². The van der Waals surface area contributed by atoms with E-state index in [4.69, 9.17) is 0 Å². The molecule has 0 spiro atoms. The van der Waals surface area contributed by atoms with Crippen molar-refractivity contribution in [2.75, 3.05) is 11.4 Å². The number of hydrogen-bond donors (Lipinski definition) is 1. The Labute approximate surface area is 212 Å². The van der Waals surface area contributed by atoms with Crippen LogP contribution < -0.4 is 10.2 Å². The molecule has 1 unspecified atom stereocenters. The Hall–Kier alpha value is -4.00. The Morgan fingerprint density at radius 3 is 2.33 bits per heavy atom. The van der Waals surface area contributed by atoms with Gasteiger partial charge in [0.25, 0.3) is 0 Å². The molecule has 0 aliphatic rings. The number of fused-ring (bicyclic) bond motifs is 1. The zero-order valence-corrected chi connectivity index (χ0v) is 21.1. The van der Waals surface area contributed by atoms with Gasteiger partial charge in [-0.3, -0.25) is 14.5 Å². The number of carbonyl (C=O) groups is 2. The number of anilines is 1. The molecule has 0 fully saturated rings. The second kappa shape index (κ2) is 11.6. The minimum Gasteiger partial charge on any atom is -0.354 e. The highest BCUT2D eigenvalue weighted by Crippen LogP contribution is 2.29. The molecule has 0 aliphatic heterocycles. The van der Waals surface area contributed by atoms with Crippen LogP contribution in [0.1, 0.15) is 44.4 Å². The monoisotopic (exact) mass is 483 g/mol. The summed E-state index contributed by atoms with van der Waals surface area (Å²) in [5.74, 6) is 0.00127. The molecule has 0 aliphatic carbocycles. The first kappa shape index (κ1) is 25.1. The molecule has 1 aromatic heterocycles. The van der Waals surface area contributed by atoms with Crippen LogP contribution in [-0.4, -0.2) is 33.4 Å². The summed E-state index contributed by atoms with van der Waals surface area (Å²) >= 11 is 0. The summed E-state index contributed by atoms with van der Waals surface area (Å²) in [5.41, 5.74) is 4.05. The minimum atomic E-state index is -0.826. The van der Waals surface area contributed by atoms with Crippen LogP contribution >= 0.6 is 0 Å². The molecule has 0 radical (unpaired) electrons. The average Bonchev–Trinajstić information content (AvgIpc) is 3.30. The van der Waals surface area contributed by atoms with Crippen molar-refractivity contribution in [1.82, 2.24) is 20.3 Å². The quantitative estimate of drug-likeness (QED) is 0.347. The highest BCUT2D eigenvalue weighted by Gasteiger charge is 2.33. The molecule has 2 amide bonds. The smallest absolute Gasteiger partial charge is 0.249 e. The van der Waals surface area contributed by atoms with Crippen LogP contribution in [0.25, 0.3) is 11.0 Å². The zero-order chi connectivity index (χ0) is 25.5. The minimum absolute atomic E-state index is 0.0430. The van der Waals surface area contributed by atoms with Gasteiger partial charge in [-0.1, -0.05) is 80.6 Å². The fraction of sp³-hybridized carbons (Fsp3) is 0.310. The van der Waals surface area contributed by atoms with Gasteiger partial charge in [-0.25, -0.2) is 4.68 Å². The number of carbonyl (C=O) groups excluding carboxylic acids is 2. The van der Waals surface area contributed by atoms with Crippen molar-refractivity contribution < 1.29 is 9.59 Å². The zero-order valence-electron chi connectivity index (χ0n) is 21.1. The van der Waals surface area contributed by atoms with Gasteiger partial charge in [-0.2, -0.15) is 0 Å². The van der Waals surface area contributed by atoms with E-state index in [-0.39, 0.29) is 18.4 Å². The van der Waals surface area contributed by atoms with Gasteiger partial charge in [-0.05, 0) is 54.2 Å². The summed E-state index contributed by atoms with van der Waals surface area (Å²) < 4.78 is 1.59. The highest BCUT2D eigenvalue weighted by molar-refractivity contribution is 6.01. The molecule has 1 heterocycles. The van der Waals surface area contributed by atoms with E-state index < -0.39 is 6.04 Å². The lowest BCUT2D eigenvalue weighted by atomic mass is 10.0. The SMILES string of the molecule is CCc1ccc(N(C(=O)Cn2nnc3ccccc32)C(C(=O)NCCC(C)C)c2ccccc2)cc1. The normalized spacial score (nSPS) is 12.0. The van der Waals surface area contributed by atoms with Crippen LogP contribution in [0.4, 0.5) is 5.69 Å². The molecule has 7 nitrogen and oxygen atoms in total. The van der Waals surface area contributed by atoms with E-state index in [0.717, 1.165) is 35.0 Å². The summed E-state index contributed by atoms with van der Waals surface area (Å²) in [6.07, 6.45) is 1.74. The van der Waals surface area contributed by atoms with E-state index in [9.17, 15) is 9.59 Å². The van der Waals surface area contributed by atoms with Crippen molar-refractivity contribution in [3.8, 4) is 0 Å². The first-order valence-electron chi connectivity index (χ1n) is 12.5. The van der Waals surface area contributed by atoms with E-state index in [1.165, 1.54) is 0 Å². The predicted octanol–water partition coefficient (Wildman–Crippen LogP) is 4.93. The second-order valence-corrected chi connectivity index (χ2v) is 9.31. The molecule has 4 rings (SSSR count). The number of nitrogens with one attached hydrogen (secondary N) is 1. The second-order valence-electron chi connectivity index (χ2n) is 9.31. The van der Waals surface area contributed by atoms with E-state index in [0.29, 0.717) is 18.2 Å². The maximum absolute atomic E-state index is 14.0. The maximum Gasteiger partial charge on any atom is 0.249 e. The Bertz CT molecular complexity index is 1300. The lowest BCUT2D eigenvalue weighted by Gasteiger charge is -2.32. The van der Waals surface area contributed by atoms with Gasteiger partial charge in [0.1, 0.15) is 18.1 Å². The summed E-state index contributed by atoms with van der Waals surface area (Å²) in [7, 11) is 0. The van der Waals surface area contributed by atoms with Crippen LogP contribution in [0.2, 0.25) is 0 Å². The summed E-state index contributed by atoms with van der Waals surface area (Å²) in [4.78, 5) is 29.2. The number of rotatable bonds is 10. The first-order valence-corrected chi connectivity index (χ1v) is 12.5. The number of benzene rings is 3. The lowest BCUT2D eigenvalue weighted by molar-refractivity contribution is -0.127. The molecule has 1 N–H and O–H groups in total. The molecule has 4 aromatic rings. The van der Waals surface area contributed by atoms with Gasteiger partial charge in [0.05, 0.1) is 5.52 Å². The Morgan fingerprint density at radius 2 is 1.64 bits per heavy atom. The van der Waals surface area contributed by atoms with Crippen molar-refractivity contribution in [3.63, 3.8) is 0 Å². The molecule has 1 atom stereocenters. The number of para-hydroxylation sites is 1. The van der Waals surface area contributed by atoms with Gasteiger partial charge < -0.3 is 5.32 Å². The molecular formula is C29H33N5O2. The van der Waals surface area contributed by atoms with Crippen LogP contribution in [-0.2, 0) is 22.6 Å². The van der Waals surface area contributed by atoms with E-state index >= 15 is 0 Å². The molecular weight excluding hydrogens is 450 g/mol. The number of amides is 2. The largest absolute Gasteiger partial charge is 0.354 e. The number of hydrogen-bond acceptors (Lipinski definition) is 4. The summed E-state index contributed by atoms with van der Waals surface area (Å²) in [6.45, 7) is 6.83. The third kappa shape index (κ3) is 5.79. The van der Waals surface area contributed by atoms with Crippen molar-refractivity contribution in [2.24, 2.45) is 5.92 Å². The van der Waals surface area contributed by atoms with Crippen molar-refractivity contribution in [3.05, 3.63) is 90.0 Å². The Kier molecular flexibility index (Phi) is 8.10. The molecule has 7 heteroatoms. The van der Waals surface area contributed by atoms with Gasteiger partial charge in [0, 0.05) is 12.2 Å². The van der Waals surface area contributed by atoms with Crippen molar-refractivity contribution >= 4 is 28.5 Å². The van der Waals surface area contributed by atoms with Crippen molar-refractivity contribution in [2.45, 2.75) is 46.2 Å². The van der Waals surface area contributed by atoms with Gasteiger partial charge in [0.2, 0.25) is 11.8 Å². The van der Waals surface area contributed by atoms with Crippen LogP contribution in [0.3, 0.4) is 0 Å². The maximum atomic E-state index is 14.0. The van der Waals surface area contributed by atoms with E-state index in [2.05, 4.69) is 36.4 Å². The standard InChI is InChI=1S/C29H33N5O2/c1-4-22-14-16-24(17-15-22)34(27(35)20-33-26-13-9-8-12-25(26)31-32-33)28(23-10-6-5-7-11-23)29(36)30-19-18-21(2)3/h5-17,21,28H,4,18-20H2,1-3H3,(H,30,36). The fourth-order valence-corrected chi connectivity index (χ4v) is 4.20. The number of aromatic nitrogens is 3. The average molecular weight is 484 g/mol. The molecule has 3 aromatic carbocycles. The first-order chi connectivity index (χ1) is 17.5. The van der Waals surface area contributed by atoms with Crippen LogP contribution in [0.15, 0.2) is 78.9 Å². The molecule has 36 heavy (non-hydrogen) atoms. The van der Waals surface area contributed by atoms with Crippen LogP contribution in [0.5, 0.6) is 0 Å². The van der Waals surface area contributed by atoms with Gasteiger partial charge in [-0.15, -0.1) is 5.10 Å². The van der Waals surface area contributed by atoms with Crippen LogP contribution in [0, 0.1) is 5.92 Å². The molecule has 0 saturated carbocycles. The van der Waals surface area contributed by atoms with Crippen molar-refractivity contribution in [1.29, 1.82) is 0 Å². The summed E-state index contributed by atoms with van der Waals surface area (Å²) in [6, 6.07) is 24.0. The fourth-order valence-electron chi connectivity index (χ4n) is 4.20. The number of aryl methyl sites for hydroxylation is 1. The number of nitrogens with zero attached hydrogens (tertiary/aromatic N) is 4. The lowest BCUT2D eigenvalue weighted by Crippen LogP contribution is -2.45. The van der Waals surface area contributed by atoms with Gasteiger partial charge in [0.15, 0.2) is 0 Å².